The van der Waals surface area contributed by atoms with E-state index in [1.165, 1.54) is 7.11 Å². The molecule has 0 N–H and O–H groups in total. The minimum absolute atomic E-state index is 0.0678. The van der Waals surface area contributed by atoms with Gasteiger partial charge < -0.3 is 4.74 Å². The van der Waals surface area contributed by atoms with Crippen LogP contribution in [0.4, 0.5) is 4.39 Å². The molecule has 1 rings (SSSR count). The van der Waals surface area contributed by atoms with E-state index < -0.39 is 19.9 Å². The van der Waals surface area contributed by atoms with Gasteiger partial charge in [-0.2, -0.15) is 0 Å². The Bertz CT molecular complexity index is 497. The van der Waals surface area contributed by atoms with Crippen molar-refractivity contribution in [2.24, 2.45) is 0 Å². The summed E-state index contributed by atoms with van der Waals surface area (Å²) in [5.74, 6) is 1.62. The fourth-order valence-corrected chi connectivity index (χ4v) is 1.54. The number of carbonyl (C=O) groups excluding carboxylic acids is 1. The Balaban J connectivity index is 3.23. The summed E-state index contributed by atoms with van der Waals surface area (Å²) in [4.78, 5) is 15.2. The molecule has 3 nitrogen and oxygen atoms in total. The molecular formula is C12H14FNO2Si. The van der Waals surface area contributed by atoms with Gasteiger partial charge in [-0.1, -0.05) is 25.6 Å². The molecule has 17 heavy (non-hydrogen) atoms. The molecule has 1 aromatic heterocycles. The molecule has 0 saturated heterocycles. The maximum atomic E-state index is 13.0. The van der Waals surface area contributed by atoms with Gasteiger partial charge in [0.2, 0.25) is 0 Å². The summed E-state index contributed by atoms with van der Waals surface area (Å²) in [5, 5.41) is 0. The molecule has 0 spiro atoms. The fourth-order valence-electron chi connectivity index (χ4n) is 1.05. The first-order chi connectivity index (χ1) is 7.83. The first-order valence-electron chi connectivity index (χ1n) is 5.10. The van der Waals surface area contributed by atoms with E-state index in [-0.39, 0.29) is 11.3 Å². The van der Waals surface area contributed by atoms with Crippen molar-refractivity contribution < 1.29 is 13.9 Å². The molecule has 0 amide bonds. The Morgan fingerprint density at radius 3 is 2.65 bits per heavy atom. The third-order valence-corrected chi connectivity index (χ3v) is 2.69. The zero-order valence-electron chi connectivity index (χ0n) is 10.3. The average Bonchev–Trinajstić information content (AvgIpc) is 2.25. The second-order valence-corrected chi connectivity index (χ2v) is 9.29. The molecule has 0 aromatic carbocycles. The summed E-state index contributed by atoms with van der Waals surface area (Å²) in [5.41, 5.74) is 3.41. The molecule has 0 aliphatic heterocycles. The minimum Gasteiger partial charge on any atom is -0.465 e. The number of methoxy groups -OCH3 is 1. The molecular weight excluding hydrogens is 237 g/mol. The number of carbonyl (C=O) groups is 1. The van der Waals surface area contributed by atoms with Crippen molar-refractivity contribution in [3.05, 3.63) is 29.3 Å². The molecule has 0 radical (unpaired) electrons. The molecule has 0 bridgehead atoms. The maximum absolute atomic E-state index is 13.0. The predicted molar refractivity (Wildman–Crippen MR) is 65.8 cm³/mol. The number of aromatic nitrogens is 1. The van der Waals surface area contributed by atoms with Crippen LogP contribution in [0.1, 0.15) is 16.1 Å². The van der Waals surface area contributed by atoms with Gasteiger partial charge in [0.05, 0.1) is 18.9 Å². The Morgan fingerprint density at radius 2 is 2.12 bits per heavy atom. The van der Waals surface area contributed by atoms with Crippen molar-refractivity contribution in [3.63, 3.8) is 0 Å². The molecule has 0 atom stereocenters. The number of halogens is 1. The zero-order valence-corrected chi connectivity index (χ0v) is 11.3. The number of ether oxygens (including phenoxy) is 1. The first-order valence-corrected chi connectivity index (χ1v) is 8.60. The molecule has 5 heteroatoms. The smallest absolute Gasteiger partial charge is 0.340 e. The summed E-state index contributed by atoms with van der Waals surface area (Å²) in [7, 11) is -0.329. The molecule has 0 fully saturated rings. The van der Waals surface area contributed by atoms with E-state index in [1.807, 2.05) is 0 Å². The van der Waals surface area contributed by atoms with Gasteiger partial charge in [-0.05, 0) is 6.07 Å². The first kappa shape index (κ1) is 13.4. The summed E-state index contributed by atoms with van der Waals surface area (Å²) in [6.07, 6.45) is 1.04. The average molecular weight is 251 g/mol. The van der Waals surface area contributed by atoms with Crippen molar-refractivity contribution in [2.75, 3.05) is 7.11 Å². The lowest BCUT2D eigenvalue weighted by molar-refractivity contribution is 0.0599. The third kappa shape index (κ3) is 4.00. The van der Waals surface area contributed by atoms with Crippen molar-refractivity contribution in [2.45, 2.75) is 19.6 Å². The van der Waals surface area contributed by atoms with Crippen molar-refractivity contribution in [1.82, 2.24) is 4.98 Å². The lowest BCUT2D eigenvalue weighted by Crippen LogP contribution is -2.16. The Morgan fingerprint density at radius 1 is 1.47 bits per heavy atom. The lowest BCUT2D eigenvalue weighted by Gasteiger charge is -2.05. The topological polar surface area (TPSA) is 39.2 Å². The molecule has 90 valence electrons. The second-order valence-electron chi connectivity index (χ2n) is 4.54. The largest absolute Gasteiger partial charge is 0.465 e. The standard InChI is InChI=1S/C12H14FNO2Si/c1-16-12(15)10-7-9(13)8-14-11(10)5-6-17(2,3)4/h7-8H,1-4H3. The van der Waals surface area contributed by atoms with E-state index in [4.69, 9.17) is 0 Å². The number of nitrogens with zero attached hydrogens (tertiary/aromatic N) is 1. The molecule has 0 aliphatic rings. The normalized spacial score (nSPS) is 10.4. The SMILES string of the molecule is COC(=O)c1cc(F)cnc1C#C[Si](C)(C)C. The third-order valence-electron chi connectivity index (χ3n) is 1.82. The van der Waals surface area contributed by atoms with Crippen molar-refractivity contribution in [1.29, 1.82) is 0 Å². The van der Waals surface area contributed by atoms with E-state index >= 15 is 0 Å². The van der Waals surface area contributed by atoms with Crippen molar-refractivity contribution in [3.8, 4) is 11.5 Å². The Kier molecular flexibility index (Phi) is 4.02. The maximum Gasteiger partial charge on any atom is 0.340 e. The van der Waals surface area contributed by atoms with Crippen LogP contribution in [0.3, 0.4) is 0 Å². The minimum atomic E-state index is -1.57. The van der Waals surface area contributed by atoms with E-state index in [1.54, 1.807) is 0 Å². The highest BCUT2D eigenvalue weighted by Crippen LogP contribution is 2.09. The van der Waals surface area contributed by atoms with Crippen LogP contribution >= 0.6 is 0 Å². The Labute approximate surface area is 101 Å². The van der Waals surface area contributed by atoms with Gasteiger partial charge in [0.1, 0.15) is 19.6 Å². The van der Waals surface area contributed by atoms with Crippen LogP contribution in [-0.2, 0) is 4.74 Å². The molecule has 1 heterocycles. The van der Waals surface area contributed by atoms with Gasteiger partial charge in [0, 0.05) is 0 Å². The quantitative estimate of drug-likeness (QED) is 0.436. The van der Waals surface area contributed by atoms with Gasteiger partial charge >= 0.3 is 5.97 Å². The van der Waals surface area contributed by atoms with Gasteiger partial charge in [0.15, 0.2) is 0 Å². The van der Waals surface area contributed by atoms with Crippen LogP contribution in [0.15, 0.2) is 12.3 Å². The van der Waals surface area contributed by atoms with Crippen LogP contribution in [0, 0.1) is 17.3 Å². The van der Waals surface area contributed by atoms with Crippen LogP contribution in [0.2, 0.25) is 19.6 Å². The van der Waals surface area contributed by atoms with Crippen molar-refractivity contribution >= 4 is 14.0 Å². The monoisotopic (exact) mass is 251 g/mol. The summed E-state index contributed by atoms with van der Waals surface area (Å²) < 4.78 is 17.6. The molecule has 1 aromatic rings. The molecule has 0 aliphatic carbocycles. The second kappa shape index (κ2) is 5.10. The van der Waals surface area contributed by atoms with Crippen LogP contribution in [0.5, 0.6) is 0 Å². The number of hydrogen-bond donors (Lipinski definition) is 0. The molecule has 0 saturated carbocycles. The number of esters is 1. The predicted octanol–water partition coefficient (Wildman–Crippen LogP) is 2.24. The highest BCUT2D eigenvalue weighted by molar-refractivity contribution is 6.83. The van der Waals surface area contributed by atoms with Gasteiger partial charge in [-0.25, -0.2) is 14.2 Å². The fraction of sp³-hybridized carbons (Fsp3) is 0.333. The number of hydrogen-bond acceptors (Lipinski definition) is 3. The number of pyridine rings is 1. The van der Waals surface area contributed by atoms with Gasteiger partial charge in [-0.15, -0.1) is 5.54 Å². The van der Waals surface area contributed by atoms with E-state index in [0.717, 1.165) is 12.3 Å². The summed E-state index contributed by atoms with van der Waals surface area (Å²) in [6, 6.07) is 1.09. The van der Waals surface area contributed by atoms with E-state index in [9.17, 15) is 9.18 Å². The van der Waals surface area contributed by atoms with E-state index in [0.29, 0.717) is 0 Å². The van der Waals surface area contributed by atoms with Gasteiger partial charge in [0.25, 0.3) is 0 Å². The zero-order chi connectivity index (χ0) is 13.1. The van der Waals surface area contributed by atoms with Crippen LogP contribution in [0.25, 0.3) is 0 Å². The highest BCUT2D eigenvalue weighted by Gasteiger charge is 2.14. The molecule has 0 unspecified atom stereocenters. The Hall–Kier alpha value is -1.67. The number of rotatable bonds is 1. The summed E-state index contributed by atoms with van der Waals surface area (Å²) in [6.45, 7) is 6.21. The van der Waals surface area contributed by atoms with Crippen LogP contribution in [-0.4, -0.2) is 26.1 Å². The highest BCUT2D eigenvalue weighted by atomic mass is 28.3. The lowest BCUT2D eigenvalue weighted by atomic mass is 10.2. The van der Waals surface area contributed by atoms with E-state index in [2.05, 4.69) is 40.8 Å². The van der Waals surface area contributed by atoms with Crippen LogP contribution < -0.4 is 0 Å². The summed E-state index contributed by atoms with van der Waals surface area (Å²) >= 11 is 0. The van der Waals surface area contributed by atoms with Gasteiger partial charge in [-0.3, -0.25) is 0 Å².